The van der Waals surface area contributed by atoms with E-state index in [0.29, 0.717) is 5.69 Å². The van der Waals surface area contributed by atoms with Crippen molar-refractivity contribution in [1.82, 2.24) is 9.97 Å². The van der Waals surface area contributed by atoms with E-state index in [1.54, 1.807) is 6.20 Å². The molecule has 5 heteroatoms. The van der Waals surface area contributed by atoms with Crippen molar-refractivity contribution in [2.75, 3.05) is 7.11 Å². The molecule has 2 aromatic heterocycles. The Balaban J connectivity index is 2.70. The number of carbonyl (C=O) groups excluding carboxylic acids is 1. The fraction of sp³-hybridized carbons (Fsp3) is 0.182. The largest absolute Gasteiger partial charge is 0.464 e. The standard InChI is InChI=1S/C11H9BrN2O2/c1-6-7-3-4-9(12)14-8(7)5-13-10(6)11(15)16-2/h3-5H,1-2H3. The Morgan fingerprint density at radius 2 is 2.19 bits per heavy atom. The molecule has 16 heavy (non-hydrogen) atoms. The Labute approximate surface area is 101 Å². The quantitative estimate of drug-likeness (QED) is 0.595. The molecule has 0 saturated carbocycles. The van der Waals surface area contributed by atoms with E-state index >= 15 is 0 Å². The number of carbonyl (C=O) groups is 1. The molecule has 0 aromatic carbocycles. The van der Waals surface area contributed by atoms with E-state index in [4.69, 9.17) is 0 Å². The van der Waals surface area contributed by atoms with Gasteiger partial charge in [-0.2, -0.15) is 0 Å². The maximum Gasteiger partial charge on any atom is 0.356 e. The van der Waals surface area contributed by atoms with Crippen LogP contribution in [0.25, 0.3) is 10.9 Å². The maximum atomic E-state index is 11.4. The Morgan fingerprint density at radius 3 is 2.88 bits per heavy atom. The zero-order valence-corrected chi connectivity index (χ0v) is 10.4. The van der Waals surface area contributed by atoms with Crippen LogP contribution < -0.4 is 0 Å². The van der Waals surface area contributed by atoms with E-state index in [9.17, 15) is 4.79 Å². The lowest BCUT2D eigenvalue weighted by molar-refractivity contribution is 0.0593. The third-order valence-corrected chi connectivity index (χ3v) is 2.79. The molecule has 82 valence electrons. The molecule has 0 aliphatic heterocycles. The Hall–Kier alpha value is -1.49. The second-order valence-corrected chi connectivity index (χ2v) is 4.10. The number of pyridine rings is 2. The lowest BCUT2D eigenvalue weighted by atomic mass is 10.1. The third kappa shape index (κ3) is 1.78. The van der Waals surface area contributed by atoms with Gasteiger partial charge in [0.2, 0.25) is 0 Å². The van der Waals surface area contributed by atoms with Gasteiger partial charge in [0.05, 0.1) is 18.8 Å². The summed E-state index contributed by atoms with van der Waals surface area (Å²) < 4.78 is 5.40. The molecule has 4 nitrogen and oxygen atoms in total. The van der Waals surface area contributed by atoms with E-state index in [2.05, 4.69) is 30.6 Å². The highest BCUT2D eigenvalue weighted by atomic mass is 79.9. The predicted molar refractivity (Wildman–Crippen MR) is 63.3 cm³/mol. The summed E-state index contributed by atoms with van der Waals surface area (Å²) >= 11 is 3.29. The zero-order chi connectivity index (χ0) is 11.7. The van der Waals surface area contributed by atoms with Crippen LogP contribution in [0.15, 0.2) is 22.9 Å². The minimum Gasteiger partial charge on any atom is -0.464 e. The Kier molecular flexibility index (Phi) is 2.87. The van der Waals surface area contributed by atoms with Crippen LogP contribution in [-0.2, 0) is 4.74 Å². The van der Waals surface area contributed by atoms with Gasteiger partial charge < -0.3 is 4.74 Å². The Bertz CT molecular complexity index is 569. The molecule has 0 amide bonds. The molecule has 0 atom stereocenters. The summed E-state index contributed by atoms with van der Waals surface area (Å²) in [6.07, 6.45) is 1.57. The lowest BCUT2D eigenvalue weighted by Gasteiger charge is -2.06. The second kappa shape index (κ2) is 4.17. The van der Waals surface area contributed by atoms with Gasteiger partial charge in [-0.05, 0) is 40.5 Å². The summed E-state index contributed by atoms with van der Waals surface area (Å²) in [5.41, 5.74) is 1.86. The molecule has 0 saturated heterocycles. The normalized spacial score (nSPS) is 10.4. The molecule has 2 aromatic rings. The molecule has 0 unspecified atom stereocenters. The van der Waals surface area contributed by atoms with Crippen molar-refractivity contribution in [3.63, 3.8) is 0 Å². The van der Waals surface area contributed by atoms with E-state index < -0.39 is 5.97 Å². The van der Waals surface area contributed by atoms with Crippen LogP contribution in [0.5, 0.6) is 0 Å². The predicted octanol–water partition coefficient (Wildman–Crippen LogP) is 2.49. The van der Waals surface area contributed by atoms with Gasteiger partial charge in [-0.15, -0.1) is 0 Å². The summed E-state index contributed by atoms with van der Waals surface area (Å²) in [5, 5.41) is 0.901. The first-order valence-electron chi connectivity index (χ1n) is 4.63. The molecular formula is C11H9BrN2O2. The van der Waals surface area contributed by atoms with Gasteiger partial charge in [0.1, 0.15) is 4.60 Å². The molecular weight excluding hydrogens is 272 g/mol. The first-order chi connectivity index (χ1) is 7.63. The first-order valence-corrected chi connectivity index (χ1v) is 5.43. The molecule has 0 radical (unpaired) electrons. The lowest BCUT2D eigenvalue weighted by Crippen LogP contribution is -2.07. The molecule has 0 N–H and O–H groups in total. The fourth-order valence-electron chi connectivity index (χ4n) is 1.52. The average Bonchev–Trinajstić information content (AvgIpc) is 2.28. The number of ether oxygens (including phenoxy) is 1. The molecule has 0 fully saturated rings. The van der Waals surface area contributed by atoms with Crippen molar-refractivity contribution in [3.05, 3.63) is 34.2 Å². The van der Waals surface area contributed by atoms with Crippen molar-refractivity contribution < 1.29 is 9.53 Å². The number of esters is 1. The molecule has 0 spiro atoms. The van der Waals surface area contributed by atoms with Gasteiger partial charge in [0.15, 0.2) is 5.69 Å². The number of aryl methyl sites for hydroxylation is 1. The number of fused-ring (bicyclic) bond motifs is 1. The first kappa shape index (κ1) is 11.0. The van der Waals surface area contributed by atoms with Crippen LogP contribution in [0, 0.1) is 6.92 Å². The van der Waals surface area contributed by atoms with Gasteiger partial charge in [-0.1, -0.05) is 0 Å². The van der Waals surface area contributed by atoms with Crippen LogP contribution >= 0.6 is 15.9 Å². The Morgan fingerprint density at radius 1 is 1.44 bits per heavy atom. The molecule has 0 aliphatic rings. The van der Waals surface area contributed by atoms with E-state index in [1.165, 1.54) is 7.11 Å². The van der Waals surface area contributed by atoms with Crippen LogP contribution in [-0.4, -0.2) is 23.0 Å². The van der Waals surface area contributed by atoms with Crippen molar-refractivity contribution in [2.45, 2.75) is 6.92 Å². The van der Waals surface area contributed by atoms with Crippen LogP contribution in [0.2, 0.25) is 0 Å². The topological polar surface area (TPSA) is 52.1 Å². The van der Waals surface area contributed by atoms with E-state index in [-0.39, 0.29) is 0 Å². The average molecular weight is 281 g/mol. The number of hydrogen-bond acceptors (Lipinski definition) is 4. The summed E-state index contributed by atoms with van der Waals surface area (Å²) in [6.45, 7) is 1.83. The zero-order valence-electron chi connectivity index (χ0n) is 8.82. The van der Waals surface area contributed by atoms with Crippen molar-refractivity contribution in [1.29, 1.82) is 0 Å². The van der Waals surface area contributed by atoms with Crippen molar-refractivity contribution in [3.8, 4) is 0 Å². The molecule has 2 heterocycles. The SMILES string of the molecule is COC(=O)c1ncc2nc(Br)ccc2c1C. The highest BCUT2D eigenvalue weighted by molar-refractivity contribution is 9.10. The van der Waals surface area contributed by atoms with Crippen molar-refractivity contribution >= 4 is 32.8 Å². The van der Waals surface area contributed by atoms with E-state index in [0.717, 1.165) is 21.1 Å². The molecule has 2 rings (SSSR count). The van der Waals surface area contributed by atoms with Gasteiger partial charge in [-0.25, -0.2) is 14.8 Å². The summed E-state index contributed by atoms with van der Waals surface area (Å²) in [4.78, 5) is 19.8. The summed E-state index contributed by atoms with van der Waals surface area (Å²) in [5.74, 6) is -0.428. The van der Waals surface area contributed by atoms with Crippen LogP contribution in [0.4, 0.5) is 0 Å². The number of methoxy groups -OCH3 is 1. The molecule has 0 aliphatic carbocycles. The minimum atomic E-state index is -0.428. The number of hydrogen-bond donors (Lipinski definition) is 0. The minimum absolute atomic E-state index is 0.333. The fourth-order valence-corrected chi connectivity index (χ4v) is 1.84. The molecule has 0 bridgehead atoms. The monoisotopic (exact) mass is 280 g/mol. The number of rotatable bonds is 1. The van der Waals surface area contributed by atoms with E-state index in [1.807, 2.05) is 19.1 Å². The number of halogens is 1. The summed E-state index contributed by atoms with van der Waals surface area (Å²) in [6, 6.07) is 3.73. The third-order valence-electron chi connectivity index (χ3n) is 2.34. The van der Waals surface area contributed by atoms with Gasteiger partial charge in [-0.3, -0.25) is 0 Å². The summed E-state index contributed by atoms with van der Waals surface area (Å²) in [7, 11) is 1.34. The van der Waals surface area contributed by atoms with Gasteiger partial charge in [0.25, 0.3) is 0 Å². The smallest absolute Gasteiger partial charge is 0.356 e. The van der Waals surface area contributed by atoms with Crippen molar-refractivity contribution in [2.24, 2.45) is 0 Å². The highest BCUT2D eigenvalue weighted by Gasteiger charge is 2.13. The van der Waals surface area contributed by atoms with Gasteiger partial charge in [0, 0.05) is 5.39 Å². The highest BCUT2D eigenvalue weighted by Crippen LogP contribution is 2.20. The second-order valence-electron chi connectivity index (χ2n) is 3.29. The van der Waals surface area contributed by atoms with Crippen LogP contribution in [0.1, 0.15) is 16.1 Å². The number of nitrogens with zero attached hydrogens (tertiary/aromatic N) is 2. The number of aromatic nitrogens is 2. The maximum absolute atomic E-state index is 11.4. The van der Waals surface area contributed by atoms with Crippen LogP contribution in [0.3, 0.4) is 0 Å². The van der Waals surface area contributed by atoms with Gasteiger partial charge >= 0.3 is 5.97 Å².